The predicted molar refractivity (Wildman–Crippen MR) is 141 cm³/mol. The van der Waals surface area contributed by atoms with Gasteiger partial charge in [0, 0.05) is 27.2 Å². The second-order valence-corrected chi connectivity index (χ2v) is 10.9. The van der Waals surface area contributed by atoms with Crippen molar-refractivity contribution >= 4 is 34.8 Å². The predicted octanol–water partition coefficient (Wildman–Crippen LogP) is 7.28. The van der Waals surface area contributed by atoms with Crippen LogP contribution in [-0.4, -0.2) is 21.8 Å². The summed E-state index contributed by atoms with van der Waals surface area (Å²) >= 11 is 3.60. The molecule has 3 heterocycles. The number of hydrogen-bond donors (Lipinski definition) is 1. The summed E-state index contributed by atoms with van der Waals surface area (Å²) in [7, 11) is 0. The Kier molecular flexibility index (Phi) is 5.71. The summed E-state index contributed by atoms with van der Waals surface area (Å²) in [5.74, 6) is 0. The highest BCUT2D eigenvalue weighted by Gasteiger charge is 2.36. The molecule has 0 fully saturated rings. The Morgan fingerprint density at radius 2 is 1.85 bits per heavy atom. The number of thioether (sulfide) groups is 1. The maximum absolute atomic E-state index is 13.9. The van der Waals surface area contributed by atoms with Crippen molar-refractivity contribution in [1.82, 2.24) is 9.47 Å². The van der Waals surface area contributed by atoms with Crippen LogP contribution in [0.1, 0.15) is 46.1 Å². The fourth-order valence-electron chi connectivity index (χ4n) is 5.27. The van der Waals surface area contributed by atoms with Crippen LogP contribution in [0.3, 0.4) is 0 Å². The van der Waals surface area contributed by atoms with Gasteiger partial charge in [0.05, 0.1) is 18.3 Å². The first-order valence-corrected chi connectivity index (χ1v) is 13.8. The summed E-state index contributed by atoms with van der Waals surface area (Å²) in [6.45, 7) is 0.608. The fraction of sp³-hybridized carbons (Fsp3) is 0.250. The van der Waals surface area contributed by atoms with Crippen LogP contribution in [-0.2, 0) is 19.4 Å². The number of carbonyl (C=O) groups excluding carboxylic acids is 1. The average Bonchev–Trinajstić information content (AvgIpc) is 3.46. The van der Waals surface area contributed by atoms with E-state index in [1.807, 2.05) is 40.5 Å². The molecular weight excluding hydrogens is 458 g/mol. The molecule has 1 aliphatic carbocycles. The Morgan fingerprint density at radius 3 is 2.71 bits per heavy atom. The molecule has 1 unspecified atom stereocenters. The van der Waals surface area contributed by atoms with Gasteiger partial charge in [0.1, 0.15) is 5.00 Å². The maximum atomic E-state index is 13.9. The van der Waals surface area contributed by atoms with Gasteiger partial charge in [-0.3, -0.25) is 0 Å². The zero-order valence-corrected chi connectivity index (χ0v) is 20.8. The molecule has 2 aromatic heterocycles. The number of benzene rings is 2. The SMILES string of the molecule is CSc1cccc(NC(=O)N2Cc3c(sc4c3CCCC4)-n3cccc3C2c2ccccc2)c1. The van der Waals surface area contributed by atoms with Gasteiger partial charge in [-0.1, -0.05) is 36.4 Å². The Bertz CT molecular complexity index is 1340. The minimum Gasteiger partial charge on any atom is -0.310 e. The smallest absolute Gasteiger partial charge is 0.310 e. The molecule has 6 heteroatoms. The van der Waals surface area contributed by atoms with Gasteiger partial charge in [-0.15, -0.1) is 23.1 Å². The lowest BCUT2D eigenvalue weighted by molar-refractivity contribution is 0.194. The molecule has 0 saturated carbocycles. The summed E-state index contributed by atoms with van der Waals surface area (Å²) in [5.41, 5.74) is 5.89. The first kappa shape index (κ1) is 21.6. The number of rotatable bonds is 3. The lowest BCUT2D eigenvalue weighted by atomic mass is 9.95. The van der Waals surface area contributed by atoms with E-state index in [-0.39, 0.29) is 12.1 Å². The number of nitrogens with one attached hydrogen (secondary N) is 1. The van der Waals surface area contributed by atoms with E-state index in [9.17, 15) is 4.79 Å². The third kappa shape index (κ3) is 3.75. The van der Waals surface area contributed by atoms with Crippen molar-refractivity contribution in [2.24, 2.45) is 0 Å². The average molecular weight is 486 g/mol. The number of aromatic nitrogens is 1. The van der Waals surface area contributed by atoms with E-state index in [1.54, 1.807) is 11.8 Å². The molecular formula is C28H27N3OS2. The van der Waals surface area contributed by atoms with E-state index in [0.717, 1.165) is 34.7 Å². The monoisotopic (exact) mass is 485 g/mol. The summed E-state index contributed by atoms with van der Waals surface area (Å²) in [5, 5.41) is 4.49. The van der Waals surface area contributed by atoms with Gasteiger partial charge in [-0.05, 0) is 73.4 Å². The van der Waals surface area contributed by atoms with Crippen LogP contribution < -0.4 is 5.32 Å². The third-order valence-corrected chi connectivity index (χ3v) is 8.93. The number of hydrogen-bond acceptors (Lipinski definition) is 3. The van der Waals surface area contributed by atoms with Crippen molar-refractivity contribution in [3.05, 3.63) is 100 Å². The highest BCUT2D eigenvalue weighted by Crippen LogP contribution is 2.44. The molecule has 1 aliphatic heterocycles. The summed E-state index contributed by atoms with van der Waals surface area (Å²) in [6.07, 6.45) is 8.96. The van der Waals surface area contributed by atoms with E-state index in [1.165, 1.54) is 33.8 Å². The largest absolute Gasteiger partial charge is 0.322 e. The van der Waals surface area contributed by atoms with Crippen LogP contribution in [0.5, 0.6) is 0 Å². The van der Waals surface area contributed by atoms with Crippen molar-refractivity contribution in [3.63, 3.8) is 0 Å². The highest BCUT2D eigenvalue weighted by atomic mass is 32.2. The molecule has 1 N–H and O–H groups in total. The van der Waals surface area contributed by atoms with E-state index in [2.05, 4.69) is 64.8 Å². The summed E-state index contributed by atoms with van der Waals surface area (Å²) in [4.78, 5) is 18.6. The molecule has 0 radical (unpaired) electrons. The quantitative estimate of drug-likeness (QED) is 0.310. The normalized spacial score (nSPS) is 16.9. The number of fused-ring (bicyclic) bond motifs is 5. The van der Waals surface area contributed by atoms with Gasteiger partial charge < -0.3 is 14.8 Å². The van der Waals surface area contributed by atoms with Crippen molar-refractivity contribution < 1.29 is 4.79 Å². The van der Waals surface area contributed by atoms with Crippen LogP contribution in [0.4, 0.5) is 10.5 Å². The molecule has 2 amide bonds. The molecule has 4 nitrogen and oxygen atoms in total. The Hall–Kier alpha value is -2.96. The molecule has 172 valence electrons. The lowest BCUT2D eigenvalue weighted by Crippen LogP contribution is -2.38. The second-order valence-electron chi connectivity index (χ2n) is 8.90. The van der Waals surface area contributed by atoms with Crippen molar-refractivity contribution in [3.8, 4) is 5.00 Å². The van der Waals surface area contributed by atoms with E-state index < -0.39 is 0 Å². The van der Waals surface area contributed by atoms with Crippen molar-refractivity contribution in [2.45, 2.75) is 43.2 Å². The fourth-order valence-corrected chi connectivity index (χ4v) is 7.13. The van der Waals surface area contributed by atoms with Crippen LogP contribution in [0.15, 0.2) is 77.8 Å². The molecule has 2 aromatic carbocycles. The number of carbonyl (C=O) groups is 1. The number of amides is 2. The standard InChI is InChI=1S/C28H27N3OS2/c1-33-21-12-7-11-20(17-21)29-28(32)31-18-23-22-13-5-6-15-25(22)34-27(23)30-16-8-14-24(30)26(31)19-9-3-2-4-10-19/h2-4,7-12,14,16-17,26H,5-6,13,15,18H2,1H3,(H,29,32). The lowest BCUT2D eigenvalue weighted by Gasteiger charge is -2.31. The third-order valence-electron chi connectivity index (χ3n) is 6.88. The minimum atomic E-state index is -0.168. The Morgan fingerprint density at radius 1 is 1.00 bits per heavy atom. The van der Waals surface area contributed by atoms with Gasteiger partial charge >= 0.3 is 6.03 Å². The van der Waals surface area contributed by atoms with Gasteiger partial charge in [0.15, 0.2) is 0 Å². The summed E-state index contributed by atoms with van der Waals surface area (Å²) < 4.78 is 2.33. The number of nitrogens with zero attached hydrogens (tertiary/aromatic N) is 2. The molecule has 34 heavy (non-hydrogen) atoms. The van der Waals surface area contributed by atoms with E-state index in [4.69, 9.17) is 0 Å². The van der Waals surface area contributed by atoms with Crippen molar-refractivity contribution in [2.75, 3.05) is 11.6 Å². The zero-order chi connectivity index (χ0) is 23.1. The highest BCUT2D eigenvalue weighted by molar-refractivity contribution is 7.98. The minimum absolute atomic E-state index is 0.0662. The van der Waals surface area contributed by atoms with E-state index in [0.29, 0.717) is 6.54 Å². The Balaban J connectivity index is 1.48. The number of urea groups is 1. The first-order chi connectivity index (χ1) is 16.7. The molecule has 1 atom stereocenters. The van der Waals surface area contributed by atoms with Crippen LogP contribution in [0.25, 0.3) is 5.00 Å². The molecule has 0 bridgehead atoms. The molecule has 0 spiro atoms. The van der Waals surface area contributed by atoms with Crippen molar-refractivity contribution in [1.29, 1.82) is 0 Å². The van der Waals surface area contributed by atoms with Gasteiger partial charge in [0.2, 0.25) is 0 Å². The molecule has 6 rings (SSSR count). The van der Waals surface area contributed by atoms with Gasteiger partial charge in [0.25, 0.3) is 0 Å². The molecule has 2 aliphatic rings. The van der Waals surface area contributed by atoms with Gasteiger partial charge in [-0.25, -0.2) is 4.79 Å². The zero-order valence-electron chi connectivity index (χ0n) is 19.2. The number of aryl methyl sites for hydroxylation is 1. The first-order valence-electron chi connectivity index (χ1n) is 11.8. The van der Waals surface area contributed by atoms with Crippen LogP contribution in [0, 0.1) is 0 Å². The molecule has 4 aromatic rings. The van der Waals surface area contributed by atoms with Gasteiger partial charge in [-0.2, -0.15) is 0 Å². The van der Waals surface area contributed by atoms with Crippen LogP contribution in [0.2, 0.25) is 0 Å². The summed E-state index contributed by atoms with van der Waals surface area (Å²) in [6, 6.07) is 22.5. The van der Waals surface area contributed by atoms with E-state index >= 15 is 0 Å². The topological polar surface area (TPSA) is 37.3 Å². The van der Waals surface area contributed by atoms with Crippen LogP contribution >= 0.6 is 23.1 Å². The maximum Gasteiger partial charge on any atom is 0.322 e. The second kappa shape index (κ2) is 9.01. The molecule has 0 saturated heterocycles. The Labute approximate surface area is 208 Å². The number of anilines is 1. The number of thiophene rings is 1.